The molecule has 0 unspecified atom stereocenters. The molecule has 1 aromatic carbocycles. The minimum absolute atomic E-state index is 0.000390. The maximum atomic E-state index is 10.5. The van der Waals surface area contributed by atoms with E-state index >= 15 is 0 Å². The van der Waals surface area contributed by atoms with Crippen LogP contribution in [-0.4, -0.2) is 14.8 Å². The zero-order valence-electron chi connectivity index (χ0n) is 16.6. The lowest BCUT2D eigenvalue weighted by Crippen LogP contribution is -1.98. The van der Waals surface area contributed by atoms with Crippen LogP contribution >= 0.6 is 0 Å². The average Bonchev–Trinajstić information content (AvgIpc) is 2.89. The van der Waals surface area contributed by atoms with Crippen LogP contribution in [0, 0.1) is 0 Å². The third-order valence-electron chi connectivity index (χ3n) is 5.05. The molecule has 27 heavy (non-hydrogen) atoms. The van der Waals surface area contributed by atoms with E-state index in [1.807, 2.05) is 0 Å². The fourth-order valence-electron chi connectivity index (χ4n) is 3.57. The van der Waals surface area contributed by atoms with Crippen LogP contribution in [0.5, 0.6) is 11.8 Å². The molecular formula is C22H35N3O2. The van der Waals surface area contributed by atoms with Crippen molar-refractivity contribution in [3.63, 3.8) is 0 Å². The largest absolute Gasteiger partial charge is 0.494 e. The first kappa shape index (κ1) is 21.0. The van der Waals surface area contributed by atoms with Crippen molar-refractivity contribution in [3.05, 3.63) is 29.8 Å². The predicted molar refractivity (Wildman–Crippen MR) is 113 cm³/mol. The second kappa shape index (κ2) is 10.8. The molecule has 1 aromatic heterocycles. The molecule has 0 fully saturated rings. The minimum atomic E-state index is -0.000390. The summed E-state index contributed by atoms with van der Waals surface area (Å²) in [6.45, 7) is 2.25. The van der Waals surface area contributed by atoms with Gasteiger partial charge >= 0.3 is 0 Å². The molecule has 2 aromatic rings. The van der Waals surface area contributed by atoms with Crippen molar-refractivity contribution in [1.29, 1.82) is 0 Å². The third kappa shape index (κ3) is 6.42. The zero-order valence-corrected chi connectivity index (χ0v) is 16.6. The van der Waals surface area contributed by atoms with Gasteiger partial charge in [0.15, 0.2) is 5.88 Å². The molecule has 0 saturated heterocycles. The smallest absolute Gasteiger partial charge is 0.201 e. The molecule has 5 heteroatoms. The molecule has 0 aliphatic rings. The van der Waals surface area contributed by atoms with Gasteiger partial charge in [-0.25, -0.2) is 0 Å². The van der Waals surface area contributed by atoms with Gasteiger partial charge in [0.1, 0.15) is 0 Å². The number of aromatic hydroxyl groups is 2. The number of nitrogens with zero attached hydrogens (tertiary/aromatic N) is 1. The van der Waals surface area contributed by atoms with Gasteiger partial charge in [0, 0.05) is 23.0 Å². The molecule has 0 spiro atoms. The Labute approximate surface area is 163 Å². The van der Waals surface area contributed by atoms with Crippen molar-refractivity contribution in [2.24, 2.45) is 0 Å². The highest BCUT2D eigenvalue weighted by molar-refractivity contribution is 5.61. The summed E-state index contributed by atoms with van der Waals surface area (Å²) in [6.07, 6.45) is 13.5. The molecule has 0 amide bonds. The Bertz CT molecular complexity index is 690. The van der Waals surface area contributed by atoms with Gasteiger partial charge < -0.3 is 21.7 Å². The van der Waals surface area contributed by atoms with E-state index in [0.29, 0.717) is 17.1 Å². The average molecular weight is 374 g/mol. The molecule has 150 valence electrons. The van der Waals surface area contributed by atoms with Gasteiger partial charge in [-0.1, -0.05) is 64.7 Å². The fourth-order valence-corrected chi connectivity index (χ4v) is 3.57. The normalized spacial score (nSPS) is 11.1. The van der Waals surface area contributed by atoms with Crippen LogP contribution < -0.4 is 11.5 Å². The Morgan fingerprint density at radius 3 is 1.81 bits per heavy atom. The molecule has 0 aliphatic carbocycles. The van der Waals surface area contributed by atoms with E-state index in [9.17, 15) is 10.2 Å². The van der Waals surface area contributed by atoms with E-state index in [1.165, 1.54) is 55.9 Å². The van der Waals surface area contributed by atoms with E-state index in [2.05, 4.69) is 6.92 Å². The number of nitrogen functional groups attached to an aromatic ring is 2. The molecule has 1 heterocycles. The second-order valence-corrected chi connectivity index (χ2v) is 7.48. The maximum absolute atomic E-state index is 10.5. The van der Waals surface area contributed by atoms with E-state index < -0.39 is 0 Å². The van der Waals surface area contributed by atoms with Gasteiger partial charge in [0.05, 0.1) is 5.69 Å². The lowest BCUT2D eigenvalue weighted by atomic mass is 10.0. The Kier molecular flexibility index (Phi) is 8.37. The molecule has 2 rings (SSSR count). The van der Waals surface area contributed by atoms with Crippen LogP contribution in [0.4, 0.5) is 11.4 Å². The molecule has 6 N–H and O–H groups in total. The molecular weight excluding hydrogens is 338 g/mol. The highest BCUT2D eigenvalue weighted by atomic mass is 16.3. The first-order valence-electron chi connectivity index (χ1n) is 10.3. The van der Waals surface area contributed by atoms with Crippen molar-refractivity contribution in [2.75, 3.05) is 11.5 Å². The highest BCUT2D eigenvalue weighted by Gasteiger charge is 2.15. The summed E-state index contributed by atoms with van der Waals surface area (Å²) in [5.41, 5.74) is 14.0. The molecule has 0 atom stereocenters. The summed E-state index contributed by atoms with van der Waals surface area (Å²) in [5, 5.41) is 20.7. The number of aromatic nitrogens is 1. The lowest BCUT2D eigenvalue weighted by molar-refractivity contribution is 0.400. The number of aryl methyl sites for hydroxylation is 1. The first-order valence-corrected chi connectivity index (χ1v) is 10.3. The number of hydrogen-bond acceptors (Lipinski definition) is 4. The summed E-state index contributed by atoms with van der Waals surface area (Å²) < 4.78 is 1.39. The SMILES string of the molecule is CCCCCCCCCCCCc1cc(O)n(-c2cc(N)cc(N)c2)c1O. The van der Waals surface area contributed by atoms with E-state index in [4.69, 9.17) is 11.5 Å². The Morgan fingerprint density at radius 2 is 1.26 bits per heavy atom. The van der Waals surface area contributed by atoms with Gasteiger partial charge in [-0.2, -0.15) is 0 Å². The summed E-state index contributed by atoms with van der Waals surface area (Å²) in [7, 11) is 0. The second-order valence-electron chi connectivity index (χ2n) is 7.48. The number of nitrogens with two attached hydrogens (primary N) is 2. The fraction of sp³-hybridized carbons (Fsp3) is 0.545. The van der Waals surface area contributed by atoms with Gasteiger partial charge in [0.25, 0.3) is 0 Å². The van der Waals surface area contributed by atoms with Crippen LogP contribution in [0.25, 0.3) is 5.69 Å². The Balaban J connectivity index is 1.78. The summed E-state index contributed by atoms with van der Waals surface area (Å²) in [6, 6.07) is 6.63. The van der Waals surface area contributed by atoms with Gasteiger partial charge in [0.2, 0.25) is 5.88 Å². The molecule has 5 nitrogen and oxygen atoms in total. The monoisotopic (exact) mass is 373 g/mol. The third-order valence-corrected chi connectivity index (χ3v) is 5.05. The minimum Gasteiger partial charge on any atom is -0.494 e. The zero-order chi connectivity index (χ0) is 19.6. The van der Waals surface area contributed by atoms with Gasteiger partial charge in [-0.05, 0) is 31.0 Å². The highest BCUT2D eigenvalue weighted by Crippen LogP contribution is 2.34. The van der Waals surface area contributed by atoms with E-state index in [0.717, 1.165) is 24.8 Å². The number of anilines is 2. The quantitative estimate of drug-likeness (QED) is 0.291. The topological polar surface area (TPSA) is 97.4 Å². The standard InChI is InChI=1S/C22H35N3O2/c1-2-3-4-5-6-7-8-9-10-11-12-17-13-21(26)25(22(17)27)20-15-18(23)14-19(24)16-20/h13-16,26-27H,2-12,23-24H2,1H3. The van der Waals surface area contributed by atoms with Crippen molar-refractivity contribution in [1.82, 2.24) is 4.57 Å². The first-order chi connectivity index (χ1) is 13.0. The van der Waals surface area contributed by atoms with Crippen molar-refractivity contribution in [3.8, 4) is 17.4 Å². The molecule has 0 bridgehead atoms. The predicted octanol–water partition coefficient (Wildman–Crippen LogP) is 5.52. The summed E-state index contributed by atoms with van der Waals surface area (Å²) >= 11 is 0. The number of benzene rings is 1. The number of hydrogen-bond donors (Lipinski definition) is 4. The Morgan fingerprint density at radius 1 is 0.741 bits per heavy atom. The van der Waals surface area contributed by atoms with E-state index in [-0.39, 0.29) is 11.8 Å². The van der Waals surface area contributed by atoms with Crippen LogP contribution in [0.1, 0.15) is 76.7 Å². The molecule has 0 radical (unpaired) electrons. The molecule has 0 aliphatic heterocycles. The van der Waals surface area contributed by atoms with Crippen molar-refractivity contribution in [2.45, 2.75) is 77.6 Å². The number of unbranched alkanes of at least 4 members (excludes halogenated alkanes) is 9. The summed E-state index contributed by atoms with van der Waals surface area (Å²) in [5.74, 6) is 0.0630. The van der Waals surface area contributed by atoms with Crippen molar-refractivity contribution >= 4 is 11.4 Å². The Hall–Kier alpha value is -2.30. The number of rotatable bonds is 12. The van der Waals surface area contributed by atoms with Crippen LogP contribution in [0.3, 0.4) is 0 Å². The van der Waals surface area contributed by atoms with Crippen molar-refractivity contribution < 1.29 is 10.2 Å². The van der Waals surface area contributed by atoms with Crippen LogP contribution in [-0.2, 0) is 6.42 Å². The maximum Gasteiger partial charge on any atom is 0.201 e. The lowest BCUT2D eigenvalue weighted by Gasteiger charge is -2.09. The van der Waals surface area contributed by atoms with Crippen LogP contribution in [0.15, 0.2) is 24.3 Å². The van der Waals surface area contributed by atoms with Gasteiger partial charge in [-0.15, -0.1) is 0 Å². The van der Waals surface area contributed by atoms with Gasteiger partial charge in [-0.3, -0.25) is 4.57 Å². The van der Waals surface area contributed by atoms with E-state index in [1.54, 1.807) is 24.3 Å². The molecule has 0 saturated carbocycles. The summed E-state index contributed by atoms with van der Waals surface area (Å²) in [4.78, 5) is 0. The van der Waals surface area contributed by atoms with Crippen LogP contribution in [0.2, 0.25) is 0 Å².